The fraction of sp³-hybridized carbons (Fsp3) is 0.167. The number of rotatable bonds is 5. The van der Waals surface area contributed by atoms with Gasteiger partial charge in [-0.05, 0) is 36.2 Å². The molecular weight excluding hydrogens is 306 g/mol. The van der Waals surface area contributed by atoms with Crippen molar-refractivity contribution >= 4 is 5.91 Å². The fourth-order valence-corrected chi connectivity index (χ4v) is 2.25. The number of carbonyl (C=O) groups excluding carboxylic acids is 1. The summed E-state index contributed by atoms with van der Waals surface area (Å²) in [5.74, 6) is 0.479. The Hall–Kier alpha value is -3.15. The van der Waals surface area contributed by atoms with Gasteiger partial charge in [-0.1, -0.05) is 30.3 Å². The highest BCUT2D eigenvalue weighted by Crippen LogP contribution is 2.22. The highest BCUT2D eigenvalue weighted by molar-refractivity contribution is 5.89. The summed E-state index contributed by atoms with van der Waals surface area (Å²) in [6.45, 7) is 2.40. The molecule has 6 nitrogen and oxygen atoms in total. The molecule has 1 heterocycles. The number of ether oxygens (including phenoxy) is 1. The summed E-state index contributed by atoms with van der Waals surface area (Å²) in [6, 6.07) is 15.1. The fourth-order valence-electron chi connectivity index (χ4n) is 2.25. The van der Waals surface area contributed by atoms with Crippen LogP contribution in [0.3, 0.4) is 0 Å². The number of methoxy groups -OCH3 is 1. The van der Waals surface area contributed by atoms with Gasteiger partial charge < -0.3 is 14.5 Å². The van der Waals surface area contributed by atoms with Crippen molar-refractivity contribution in [1.29, 1.82) is 0 Å². The van der Waals surface area contributed by atoms with E-state index in [0.717, 1.165) is 11.1 Å². The smallest absolute Gasteiger partial charge is 0.309 e. The highest BCUT2D eigenvalue weighted by atomic mass is 16.5. The SMILES string of the molecule is COc1cccc(-c2nnc(C(=O)NCc3ccccc3C)o2)c1. The molecule has 0 atom stereocenters. The Kier molecular flexibility index (Phi) is 4.56. The first-order valence-corrected chi connectivity index (χ1v) is 7.48. The zero-order valence-corrected chi connectivity index (χ0v) is 13.4. The summed E-state index contributed by atoms with van der Waals surface area (Å²) in [5, 5.41) is 10.5. The first-order chi connectivity index (χ1) is 11.7. The molecule has 0 aliphatic rings. The van der Waals surface area contributed by atoms with Gasteiger partial charge in [0.25, 0.3) is 0 Å². The molecule has 0 unspecified atom stereocenters. The van der Waals surface area contributed by atoms with Gasteiger partial charge in [0.05, 0.1) is 7.11 Å². The van der Waals surface area contributed by atoms with E-state index in [1.54, 1.807) is 13.2 Å². The van der Waals surface area contributed by atoms with E-state index >= 15 is 0 Å². The predicted octanol–water partition coefficient (Wildman–Crippen LogP) is 2.98. The zero-order chi connectivity index (χ0) is 16.9. The maximum Gasteiger partial charge on any atom is 0.309 e. The maximum atomic E-state index is 12.2. The van der Waals surface area contributed by atoms with E-state index in [0.29, 0.717) is 17.9 Å². The molecule has 24 heavy (non-hydrogen) atoms. The van der Waals surface area contributed by atoms with Crippen molar-refractivity contribution in [2.45, 2.75) is 13.5 Å². The molecule has 122 valence electrons. The van der Waals surface area contributed by atoms with Gasteiger partial charge in [-0.3, -0.25) is 4.79 Å². The number of hydrogen-bond donors (Lipinski definition) is 1. The molecule has 0 saturated carbocycles. The molecule has 0 spiro atoms. The molecule has 0 radical (unpaired) electrons. The van der Waals surface area contributed by atoms with Crippen molar-refractivity contribution < 1.29 is 13.9 Å². The van der Waals surface area contributed by atoms with Crippen LogP contribution in [0.15, 0.2) is 52.9 Å². The van der Waals surface area contributed by atoms with Crippen LogP contribution in [0.4, 0.5) is 0 Å². The van der Waals surface area contributed by atoms with Crippen LogP contribution in [0.25, 0.3) is 11.5 Å². The summed E-state index contributed by atoms with van der Waals surface area (Å²) in [7, 11) is 1.58. The molecule has 0 aliphatic heterocycles. The topological polar surface area (TPSA) is 77.2 Å². The van der Waals surface area contributed by atoms with E-state index in [1.807, 2.05) is 49.4 Å². The minimum atomic E-state index is -0.403. The van der Waals surface area contributed by atoms with Gasteiger partial charge in [-0.15, -0.1) is 10.2 Å². The second-order valence-electron chi connectivity index (χ2n) is 5.25. The van der Waals surface area contributed by atoms with Crippen molar-refractivity contribution in [3.05, 3.63) is 65.5 Å². The Morgan fingerprint density at radius 2 is 2.00 bits per heavy atom. The molecule has 3 rings (SSSR count). The molecule has 0 aliphatic carbocycles. The number of aryl methyl sites for hydroxylation is 1. The lowest BCUT2D eigenvalue weighted by Gasteiger charge is -2.05. The average Bonchev–Trinajstić information content (AvgIpc) is 3.11. The Morgan fingerprint density at radius 3 is 2.79 bits per heavy atom. The first kappa shape index (κ1) is 15.7. The highest BCUT2D eigenvalue weighted by Gasteiger charge is 2.16. The Balaban J connectivity index is 1.70. The molecular formula is C18H17N3O3. The molecule has 1 aromatic heterocycles. The van der Waals surface area contributed by atoms with E-state index in [2.05, 4.69) is 15.5 Å². The van der Waals surface area contributed by atoms with Gasteiger partial charge in [-0.25, -0.2) is 0 Å². The lowest BCUT2D eigenvalue weighted by molar-refractivity contribution is 0.0917. The maximum absolute atomic E-state index is 12.2. The van der Waals surface area contributed by atoms with Crippen LogP contribution in [-0.2, 0) is 6.54 Å². The third kappa shape index (κ3) is 3.43. The standard InChI is InChI=1S/C18H17N3O3/c1-12-6-3-4-7-14(12)11-19-16(22)18-21-20-17(24-18)13-8-5-9-15(10-13)23-2/h3-10H,11H2,1-2H3,(H,19,22). The van der Waals surface area contributed by atoms with Crippen molar-refractivity contribution in [2.24, 2.45) is 0 Å². The van der Waals surface area contributed by atoms with Crippen LogP contribution in [0.5, 0.6) is 5.75 Å². The van der Waals surface area contributed by atoms with Crippen LogP contribution in [0, 0.1) is 6.92 Å². The van der Waals surface area contributed by atoms with Crippen molar-refractivity contribution in [1.82, 2.24) is 15.5 Å². The first-order valence-electron chi connectivity index (χ1n) is 7.48. The molecule has 0 fully saturated rings. The lowest BCUT2D eigenvalue weighted by atomic mass is 10.1. The van der Waals surface area contributed by atoms with Gasteiger partial charge in [-0.2, -0.15) is 0 Å². The van der Waals surface area contributed by atoms with Gasteiger partial charge in [0.15, 0.2) is 0 Å². The molecule has 1 N–H and O–H groups in total. The molecule has 0 bridgehead atoms. The van der Waals surface area contributed by atoms with Crippen molar-refractivity contribution in [3.8, 4) is 17.2 Å². The summed E-state index contributed by atoms with van der Waals surface area (Å²) in [4.78, 5) is 12.2. The minimum Gasteiger partial charge on any atom is -0.497 e. The number of hydrogen-bond acceptors (Lipinski definition) is 5. The normalized spacial score (nSPS) is 10.4. The number of aromatic nitrogens is 2. The Labute approximate surface area is 139 Å². The van der Waals surface area contributed by atoms with Gasteiger partial charge in [0.2, 0.25) is 5.89 Å². The minimum absolute atomic E-state index is 0.0681. The van der Waals surface area contributed by atoms with Gasteiger partial charge >= 0.3 is 11.8 Å². The second kappa shape index (κ2) is 6.95. The van der Waals surface area contributed by atoms with Crippen LogP contribution in [0.2, 0.25) is 0 Å². The predicted molar refractivity (Wildman–Crippen MR) is 88.6 cm³/mol. The summed E-state index contributed by atoms with van der Waals surface area (Å²) in [6.07, 6.45) is 0. The van der Waals surface area contributed by atoms with Crippen LogP contribution < -0.4 is 10.1 Å². The monoisotopic (exact) mass is 323 g/mol. The second-order valence-corrected chi connectivity index (χ2v) is 5.25. The van der Waals surface area contributed by atoms with Crippen LogP contribution in [0.1, 0.15) is 21.8 Å². The summed E-state index contributed by atoms with van der Waals surface area (Å²) in [5.41, 5.74) is 2.85. The number of amides is 1. The van der Waals surface area contributed by atoms with E-state index in [1.165, 1.54) is 0 Å². The summed E-state index contributed by atoms with van der Waals surface area (Å²) < 4.78 is 10.6. The van der Waals surface area contributed by atoms with Gasteiger partial charge in [0, 0.05) is 12.1 Å². The van der Waals surface area contributed by atoms with E-state index in [9.17, 15) is 4.79 Å². The van der Waals surface area contributed by atoms with Crippen molar-refractivity contribution in [2.75, 3.05) is 7.11 Å². The number of nitrogens with one attached hydrogen (secondary N) is 1. The molecule has 6 heteroatoms. The number of benzene rings is 2. The quantitative estimate of drug-likeness (QED) is 0.781. The van der Waals surface area contributed by atoms with Gasteiger partial charge in [0.1, 0.15) is 5.75 Å². The van der Waals surface area contributed by atoms with Crippen LogP contribution in [-0.4, -0.2) is 23.2 Å². The summed E-state index contributed by atoms with van der Waals surface area (Å²) >= 11 is 0. The zero-order valence-electron chi connectivity index (χ0n) is 13.4. The third-order valence-corrected chi connectivity index (χ3v) is 3.64. The van der Waals surface area contributed by atoms with Crippen molar-refractivity contribution in [3.63, 3.8) is 0 Å². The number of nitrogens with zero attached hydrogens (tertiary/aromatic N) is 2. The lowest BCUT2D eigenvalue weighted by Crippen LogP contribution is -2.23. The van der Waals surface area contributed by atoms with E-state index in [4.69, 9.17) is 9.15 Å². The molecule has 1 amide bonds. The molecule has 2 aromatic carbocycles. The average molecular weight is 323 g/mol. The van der Waals surface area contributed by atoms with Crippen LogP contribution >= 0.6 is 0 Å². The molecule has 3 aromatic rings. The Morgan fingerprint density at radius 1 is 1.17 bits per heavy atom. The number of carbonyl (C=O) groups is 1. The molecule has 0 saturated heterocycles. The third-order valence-electron chi connectivity index (χ3n) is 3.64. The largest absolute Gasteiger partial charge is 0.497 e. The van der Waals surface area contributed by atoms with E-state index < -0.39 is 5.91 Å². The Bertz CT molecular complexity index is 858. The van der Waals surface area contributed by atoms with E-state index in [-0.39, 0.29) is 11.8 Å².